The van der Waals surface area contributed by atoms with Gasteiger partial charge in [0.05, 0.1) is 18.8 Å². The molecule has 1 aliphatic heterocycles. The predicted molar refractivity (Wildman–Crippen MR) is 71.8 cm³/mol. The van der Waals surface area contributed by atoms with Crippen LogP contribution in [0.2, 0.25) is 0 Å². The van der Waals surface area contributed by atoms with E-state index in [1.54, 1.807) is 7.11 Å². The second kappa shape index (κ2) is 4.54. The number of ether oxygens (including phenoxy) is 1. The van der Waals surface area contributed by atoms with Gasteiger partial charge in [-0.25, -0.2) is 0 Å². The van der Waals surface area contributed by atoms with E-state index < -0.39 is 0 Å². The molecule has 0 aliphatic carbocycles. The lowest BCUT2D eigenvalue weighted by Crippen LogP contribution is -2.26. The Bertz CT molecular complexity index is 366. The fourth-order valence-corrected chi connectivity index (χ4v) is 2.81. The molecule has 1 fully saturated rings. The fourth-order valence-electron chi connectivity index (χ4n) is 1.86. The molecule has 1 unspecified atom stereocenters. The van der Waals surface area contributed by atoms with Crippen LogP contribution in [0.3, 0.4) is 0 Å². The molecule has 86 valence electrons. The third kappa shape index (κ3) is 2.36. The predicted octanol–water partition coefficient (Wildman–Crippen LogP) is 2.98. The highest BCUT2D eigenvalue weighted by molar-refractivity contribution is 14.1. The zero-order chi connectivity index (χ0) is 11.8. The van der Waals surface area contributed by atoms with Crippen LogP contribution in [-0.2, 0) is 9.31 Å². The van der Waals surface area contributed by atoms with E-state index in [-0.39, 0.29) is 16.7 Å². The van der Waals surface area contributed by atoms with E-state index in [0.29, 0.717) is 0 Å². The summed E-state index contributed by atoms with van der Waals surface area (Å²) in [5, 5.41) is 0. The normalized spacial score (nSPS) is 23.5. The van der Waals surface area contributed by atoms with E-state index in [2.05, 4.69) is 22.4 Å². The summed E-state index contributed by atoms with van der Waals surface area (Å²) in [6, 6.07) is 7.91. The van der Waals surface area contributed by atoms with Gasteiger partial charge in [0.2, 0.25) is 0 Å². The van der Waals surface area contributed by atoms with E-state index in [1.165, 1.54) is 0 Å². The minimum absolute atomic E-state index is 0.0275. The summed E-state index contributed by atoms with van der Waals surface area (Å²) >= 11 is 2.14. The van der Waals surface area contributed by atoms with Gasteiger partial charge in [0.25, 0.3) is 0 Å². The van der Waals surface area contributed by atoms with Gasteiger partial charge >= 0.3 is 4.97 Å². The quantitative estimate of drug-likeness (QED) is 0.616. The van der Waals surface area contributed by atoms with Crippen molar-refractivity contribution in [1.82, 2.24) is 0 Å². The second-order valence-corrected chi connectivity index (χ2v) is 5.30. The van der Waals surface area contributed by atoms with E-state index in [0.717, 1.165) is 11.3 Å². The topological polar surface area (TPSA) is 27.7 Å². The molecule has 0 amide bonds. The van der Waals surface area contributed by atoms with Crippen LogP contribution in [0.1, 0.15) is 25.5 Å². The lowest BCUT2D eigenvalue weighted by Gasteiger charge is -2.25. The molecule has 1 saturated heterocycles. The van der Waals surface area contributed by atoms with Crippen LogP contribution < -0.4 is 4.74 Å². The highest BCUT2D eigenvalue weighted by Crippen LogP contribution is 2.40. The number of benzene rings is 1. The minimum Gasteiger partial charge on any atom is -0.497 e. The molecule has 2 rings (SSSR count). The van der Waals surface area contributed by atoms with E-state index >= 15 is 0 Å². The first-order valence-electron chi connectivity index (χ1n) is 5.14. The lowest BCUT2D eigenvalue weighted by atomic mass is 9.95. The largest absolute Gasteiger partial charge is 0.533 e. The molecule has 5 heteroatoms. The Morgan fingerprint density at radius 3 is 2.38 bits per heavy atom. The van der Waals surface area contributed by atoms with Crippen molar-refractivity contribution in [2.24, 2.45) is 0 Å². The highest BCUT2D eigenvalue weighted by atomic mass is 127. The van der Waals surface area contributed by atoms with Gasteiger partial charge in [-0.1, -0.05) is 34.5 Å². The Balaban J connectivity index is 2.23. The van der Waals surface area contributed by atoms with E-state index in [9.17, 15) is 0 Å². The SMILES string of the molecule is COc1ccc(C2OB(I)OC2(C)C)cc1. The molecular formula is C11H14BIO3. The molecule has 0 radical (unpaired) electrons. The molecule has 0 bridgehead atoms. The number of hydrogen-bond donors (Lipinski definition) is 0. The smallest absolute Gasteiger partial charge is 0.497 e. The van der Waals surface area contributed by atoms with Gasteiger partial charge in [-0.3, -0.25) is 0 Å². The first-order chi connectivity index (χ1) is 7.53. The molecule has 0 aromatic heterocycles. The Labute approximate surface area is 109 Å². The lowest BCUT2D eigenvalue weighted by molar-refractivity contribution is 0.0729. The van der Waals surface area contributed by atoms with Gasteiger partial charge in [0, 0.05) is 0 Å². The summed E-state index contributed by atoms with van der Waals surface area (Å²) in [5.74, 6) is 0.853. The summed E-state index contributed by atoms with van der Waals surface area (Å²) in [5.41, 5.74) is 0.824. The Kier molecular flexibility index (Phi) is 3.46. The van der Waals surface area contributed by atoms with Crippen LogP contribution in [-0.4, -0.2) is 17.7 Å². The van der Waals surface area contributed by atoms with Gasteiger partial charge < -0.3 is 14.0 Å². The standard InChI is InChI=1S/C11H14BIO3/c1-11(2)10(15-12(13)16-11)8-4-6-9(14-3)7-5-8/h4-7,10H,1-3H3. The maximum Gasteiger partial charge on any atom is 0.533 e. The summed E-state index contributed by atoms with van der Waals surface area (Å²) < 4.78 is 16.6. The molecule has 0 spiro atoms. The number of methoxy groups -OCH3 is 1. The maximum absolute atomic E-state index is 5.76. The molecule has 3 nitrogen and oxygen atoms in total. The van der Waals surface area contributed by atoms with Gasteiger partial charge in [-0.2, -0.15) is 0 Å². The summed E-state index contributed by atoms with van der Waals surface area (Å²) in [6.07, 6.45) is -0.0275. The Morgan fingerprint density at radius 2 is 1.94 bits per heavy atom. The van der Waals surface area contributed by atoms with Crippen molar-refractivity contribution in [3.8, 4) is 5.75 Å². The summed E-state index contributed by atoms with van der Waals surface area (Å²) in [6.45, 7) is 4.08. The third-order valence-electron chi connectivity index (χ3n) is 2.69. The van der Waals surface area contributed by atoms with Crippen LogP contribution in [0.5, 0.6) is 5.75 Å². The van der Waals surface area contributed by atoms with Crippen LogP contribution in [0.15, 0.2) is 24.3 Å². The highest BCUT2D eigenvalue weighted by Gasteiger charge is 2.44. The molecule has 1 aromatic rings. The Morgan fingerprint density at radius 1 is 1.31 bits per heavy atom. The number of hydrogen-bond acceptors (Lipinski definition) is 3. The molecule has 16 heavy (non-hydrogen) atoms. The zero-order valence-corrected chi connectivity index (χ0v) is 11.7. The van der Waals surface area contributed by atoms with E-state index in [1.807, 2.05) is 38.1 Å². The molecule has 0 saturated carbocycles. The molecule has 0 N–H and O–H groups in total. The summed E-state index contributed by atoms with van der Waals surface area (Å²) in [4.78, 5) is -0.181. The number of halogens is 1. The van der Waals surface area contributed by atoms with Crippen molar-refractivity contribution in [3.05, 3.63) is 29.8 Å². The van der Waals surface area contributed by atoms with Crippen molar-refractivity contribution in [1.29, 1.82) is 0 Å². The third-order valence-corrected chi connectivity index (χ3v) is 3.24. The minimum atomic E-state index is -0.291. The Hall–Kier alpha value is -0.265. The average Bonchev–Trinajstić information content (AvgIpc) is 2.52. The van der Waals surface area contributed by atoms with Crippen molar-refractivity contribution < 1.29 is 14.0 Å². The first kappa shape index (κ1) is 12.2. The molecular weight excluding hydrogens is 318 g/mol. The molecule has 1 heterocycles. The van der Waals surface area contributed by atoms with Crippen molar-refractivity contribution >= 4 is 27.3 Å². The van der Waals surface area contributed by atoms with Crippen molar-refractivity contribution in [3.63, 3.8) is 0 Å². The van der Waals surface area contributed by atoms with Gasteiger partial charge in [0.15, 0.2) is 0 Å². The van der Waals surface area contributed by atoms with E-state index in [4.69, 9.17) is 14.0 Å². The van der Waals surface area contributed by atoms with Crippen LogP contribution in [0.25, 0.3) is 0 Å². The van der Waals surface area contributed by atoms with Crippen LogP contribution >= 0.6 is 22.4 Å². The summed E-state index contributed by atoms with van der Waals surface area (Å²) in [7, 11) is 1.66. The van der Waals surface area contributed by atoms with Crippen molar-refractivity contribution in [2.75, 3.05) is 7.11 Å². The second-order valence-electron chi connectivity index (χ2n) is 4.28. The van der Waals surface area contributed by atoms with Crippen LogP contribution in [0, 0.1) is 0 Å². The molecule has 1 aliphatic rings. The van der Waals surface area contributed by atoms with Gasteiger partial charge in [-0.15, -0.1) is 0 Å². The van der Waals surface area contributed by atoms with Gasteiger partial charge in [-0.05, 0) is 31.5 Å². The van der Waals surface area contributed by atoms with Gasteiger partial charge in [0.1, 0.15) is 5.75 Å². The van der Waals surface area contributed by atoms with Crippen LogP contribution in [0.4, 0.5) is 0 Å². The fraction of sp³-hybridized carbons (Fsp3) is 0.455. The zero-order valence-electron chi connectivity index (χ0n) is 9.57. The monoisotopic (exact) mass is 332 g/mol. The molecule has 1 atom stereocenters. The maximum atomic E-state index is 5.76. The average molecular weight is 332 g/mol. The first-order valence-corrected chi connectivity index (χ1v) is 6.39. The van der Waals surface area contributed by atoms with Crippen molar-refractivity contribution in [2.45, 2.75) is 25.6 Å². The molecule has 1 aromatic carbocycles. The number of rotatable bonds is 2.